The smallest absolute Gasteiger partial charge is 0.171 e. The van der Waals surface area contributed by atoms with Crippen molar-refractivity contribution in [1.82, 2.24) is 10.2 Å². The van der Waals surface area contributed by atoms with Gasteiger partial charge in [0, 0.05) is 35.2 Å². The lowest BCUT2D eigenvalue weighted by Gasteiger charge is -2.39. The molecule has 4 rings (SSSR count). The number of thiocarbonyl (C=S) groups is 1. The van der Waals surface area contributed by atoms with Crippen molar-refractivity contribution < 1.29 is 0 Å². The average molecular weight is 386 g/mol. The number of piperidine rings is 1. The Labute approximate surface area is 165 Å². The maximum absolute atomic E-state index is 5.61. The summed E-state index contributed by atoms with van der Waals surface area (Å²) >= 11 is 7.48. The van der Waals surface area contributed by atoms with Crippen LogP contribution in [0.5, 0.6) is 0 Å². The Morgan fingerprint density at radius 2 is 1.92 bits per heavy atom. The molecule has 0 aliphatic carbocycles. The third-order valence-electron chi connectivity index (χ3n) is 5.99. The molecule has 3 atom stereocenters. The number of benzene rings is 1. The first-order valence-electron chi connectivity index (χ1n) is 9.52. The molecular formula is C21H27N3S2. The lowest BCUT2D eigenvalue weighted by atomic mass is 9.97. The van der Waals surface area contributed by atoms with Crippen molar-refractivity contribution in [2.75, 3.05) is 5.32 Å². The number of nitrogens with zero attached hydrogens (tertiary/aromatic N) is 1. The van der Waals surface area contributed by atoms with E-state index in [0.717, 1.165) is 17.3 Å². The van der Waals surface area contributed by atoms with Gasteiger partial charge >= 0.3 is 0 Å². The molecule has 26 heavy (non-hydrogen) atoms. The largest absolute Gasteiger partial charge is 0.360 e. The average Bonchev–Trinajstić information content (AvgIpc) is 3.19. The quantitative estimate of drug-likeness (QED) is 0.736. The molecule has 2 aliphatic heterocycles. The van der Waals surface area contributed by atoms with Crippen molar-refractivity contribution in [3.8, 4) is 0 Å². The maximum Gasteiger partial charge on any atom is 0.171 e. The summed E-state index contributed by atoms with van der Waals surface area (Å²) in [5.74, 6) is 0. The van der Waals surface area contributed by atoms with Gasteiger partial charge in [-0.25, -0.2) is 0 Å². The van der Waals surface area contributed by atoms with Crippen LogP contribution in [0.2, 0.25) is 0 Å². The molecule has 138 valence electrons. The minimum Gasteiger partial charge on any atom is -0.360 e. The first kappa shape index (κ1) is 18.0. The first-order chi connectivity index (χ1) is 12.6. The second-order valence-electron chi connectivity index (χ2n) is 7.65. The van der Waals surface area contributed by atoms with Gasteiger partial charge in [-0.15, -0.1) is 11.3 Å². The van der Waals surface area contributed by atoms with E-state index in [0.29, 0.717) is 18.1 Å². The molecule has 2 aliphatic rings. The van der Waals surface area contributed by atoms with Gasteiger partial charge in [0.05, 0.1) is 0 Å². The molecule has 0 radical (unpaired) electrons. The van der Waals surface area contributed by atoms with E-state index in [9.17, 15) is 0 Å². The second-order valence-corrected chi connectivity index (χ2v) is 9.09. The van der Waals surface area contributed by atoms with Gasteiger partial charge in [0.1, 0.15) is 0 Å². The Bertz CT molecular complexity index is 758. The molecule has 2 fully saturated rings. The molecule has 3 nitrogen and oxygen atoms in total. The van der Waals surface area contributed by atoms with Crippen LogP contribution in [0.4, 0.5) is 5.69 Å². The fourth-order valence-corrected chi connectivity index (χ4v) is 5.45. The highest BCUT2D eigenvalue weighted by atomic mass is 32.1. The summed E-state index contributed by atoms with van der Waals surface area (Å²) < 4.78 is 0. The number of aryl methyl sites for hydroxylation is 1. The monoisotopic (exact) mass is 385 g/mol. The molecule has 1 aromatic heterocycles. The third-order valence-corrected chi connectivity index (χ3v) is 7.07. The van der Waals surface area contributed by atoms with E-state index in [-0.39, 0.29) is 0 Å². The van der Waals surface area contributed by atoms with Crippen molar-refractivity contribution >= 4 is 34.4 Å². The molecule has 0 saturated carbocycles. The molecule has 0 spiro atoms. The van der Waals surface area contributed by atoms with Crippen molar-refractivity contribution in [3.63, 3.8) is 0 Å². The van der Waals surface area contributed by atoms with E-state index in [1.807, 2.05) is 11.3 Å². The second kappa shape index (κ2) is 7.67. The highest BCUT2D eigenvalue weighted by Crippen LogP contribution is 2.37. The molecule has 0 amide bonds. The lowest BCUT2D eigenvalue weighted by Crippen LogP contribution is -2.50. The van der Waals surface area contributed by atoms with Crippen LogP contribution in [0, 0.1) is 13.8 Å². The Hall–Kier alpha value is -1.43. The van der Waals surface area contributed by atoms with E-state index in [1.165, 1.54) is 41.7 Å². The molecule has 3 heterocycles. The van der Waals surface area contributed by atoms with E-state index in [1.54, 1.807) is 0 Å². The van der Waals surface area contributed by atoms with Crippen molar-refractivity contribution in [2.45, 2.75) is 64.2 Å². The van der Waals surface area contributed by atoms with E-state index < -0.39 is 0 Å². The van der Waals surface area contributed by atoms with Gasteiger partial charge in [-0.05, 0) is 80.4 Å². The summed E-state index contributed by atoms with van der Waals surface area (Å²) in [6.45, 7) is 5.40. The number of thiophene rings is 1. The van der Waals surface area contributed by atoms with Crippen LogP contribution < -0.4 is 10.6 Å². The highest BCUT2D eigenvalue weighted by Gasteiger charge is 2.40. The van der Waals surface area contributed by atoms with E-state index in [2.05, 4.69) is 65.1 Å². The number of hydrogen-bond donors (Lipinski definition) is 2. The topological polar surface area (TPSA) is 27.3 Å². The molecule has 1 aromatic carbocycles. The van der Waals surface area contributed by atoms with Crippen molar-refractivity contribution in [2.24, 2.45) is 0 Å². The third kappa shape index (κ3) is 3.80. The summed E-state index contributed by atoms with van der Waals surface area (Å²) in [4.78, 5) is 4.21. The van der Waals surface area contributed by atoms with Gasteiger partial charge in [-0.3, -0.25) is 4.90 Å². The minimum absolute atomic E-state index is 0.484. The Kier molecular flexibility index (Phi) is 5.30. The minimum atomic E-state index is 0.484. The fourth-order valence-electron chi connectivity index (χ4n) is 4.46. The Morgan fingerprint density at radius 1 is 1.15 bits per heavy atom. The first-order valence-corrected chi connectivity index (χ1v) is 10.8. The summed E-state index contributed by atoms with van der Waals surface area (Å²) in [7, 11) is 0. The molecule has 1 unspecified atom stereocenters. The molecular weight excluding hydrogens is 358 g/mol. The Morgan fingerprint density at radius 3 is 2.62 bits per heavy atom. The van der Waals surface area contributed by atoms with E-state index in [4.69, 9.17) is 12.2 Å². The normalized spacial score (nSPS) is 25.2. The van der Waals surface area contributed by atoms with Gasteiger partial charge in [-0.1, -0.05) is 18.2 Å². The van der Waals surface area contributed by atoms with Crippen molar-refractivity contribution in [3.05, 3.63) is 51.7 Å². The number of hydrogen-bond acceptors (Lipinski definition) is 3. The zero-order chi connectivity index (χ0) is 18.1. The summed E-state index contributed by atoms with van der Waals surface area (Å²) in [6, 6.07) is 12.6. The molecule has 2 bridgehead atoms. The van der Waals surface area contributed by atoms with Gasteiger partial charge in [0.15, 0.2) is 5.11 Å². The van der Waals surface area contributed by atoms with E-state index >= 15 is 0 Å². The zero-order valence-corrected chi connectivity index (χ0v) is 17.1. The summed E-state index contributed by atoms with van der Waals surface area (Å²) in [6.07, 6.45) is 5.03. The standard InChI is InChI=1S/C21H27N3S2/c1-14-5-3-7-20(15(14)2)23-21(25)22-16-11-17-8-9-18(12-16)24(17)13-19-6-4-10-26-19/h3-7,10,16-18H,8-9,11-13H2,1-2H3,(H2,22,23,25)/t16?,17-,18+. The van der Waals surface area contributed by atoms with Crippen molar-refractivity contribution in [1.29, 1.82) is 0 Å². The summed E-state index contributed by atoms with van der Waals surface area (Å²) in [5.41, 5.74) is 3.67. The molecule has 5 heteroatoms. The predicted molar refractivity (Wildman–Crippen MR) is 115 cm³/mol. The lowest BCUT2D eigenvalue weighted by molar-refractivity contribution is 0.116. The van der Waals surface area contributed by atoms with Crippen LogP contribution in [0.25, 0.3) is 0 Å². The van der Waals surface area contributed by atoms with Gasteiger partial charge < -0.3 is 10.6 Å². The number of nitrogens with one attached hydrogen (secondary N) is 2. The number of anilines is 1. The SMILES string of the molecule is Cc1cccc(NC(=S)NC2C[C@H]3CC[C@@H](C2)N3Cc2cccs2)c1C. The molecule has 2 saturated heterocycles. The summed E-state index contributed by atoms with van der Waals surface area (Å²) in [5, 5.41) is 9.94. The Balaban J connectivity index is 1.34. The predicted octanol–water partition coefficient (Wildman–Crippen LogP) is 4.85. The fraction of sp³-hybridized carbons (Fsp3) is 0.476. The van der Waals surface area contributed by atoms with Crippen LogP contribution in [0.1, 0.15) is 41.7 Å². The maximum atomic E-state index is 5.61. The van der Waals surface area contributed by atoms with Crippen LogP contribution in [0.3, 0.4) is 0 Å². The number of fused-ring (bicyclic) bond motifs is 2. The highest BCUT2D eigenvalue weighted by molar-refractivity contribution is 7.80. The van der Waals surface area contributed by atoms with Crippen LogP contribution in [-0.2, 0) is 6.54 Å². The molecule has 2 N–H and O–H groups in total. The van der Waals surface area contributed by atoms with Gasteiger partial charge in [-0.2, -0.15) is 0 Å². The zero-order valence-electron chi connectivity index (χ0n) is 15.5. The van der Waals surface area contributed by atoms with Crippen LogP contribution >= 0.6 is 23.6 Å². The molecule has 2 aromatic rings. The number of rotatable bonds is 4. The van der Waals surface area contributed by atoms with Gasteiger partial charge in [0.2, 0.25) is 0 Å². The van der Waals surface area contributed by atoms with Crippen LogP contribution in [0.15, 0.2) is 35.7 Å². The van der Waals surface area contributed by atoms with Gasteiger partial charge in [0.25, 0.3) is 0 Å². The van der Waals surface area contributed by atoms with Crippen LogP contribution in [-0.4, -0.2) is 28.1 Å².